The molecule has 0 N–H and O–H groups in total. The van der Waals surface area contributed by atoms with Crippen LogP contribution in [0.3, 0.4) is 0 Å². The summed E-state index contributed by atoms with van der Waals surface area (Å²) in [7, 11) is 0. The van der Waals surface area contributed by atoms with Crippen molar-refractivity contribution >= 4 is 12.6 Å². The first-order valence-electron chi connectivity index (χ1n) is 1.53. The van der Waals surface area contributed by atoms with Crippen LogP contribution in [0.1, 0.15) is 0 Å². The highest BCUT2D eigenvalue weighted by molar-refractivity contribution is 7.84. The molecule has 0 fully saturated rings. The highest BCUT2D eigenvalue weighted by Crippen LogP contribution is 2.04. The average Bonchev–Trinajstić information content (AvgIpc) is 1.36. The molecule has 0 aliphatic carbocycles. The molecule has 6 heavy (non-hydrogen) atoms. The Bertz CT molecular complexity index is 69.9. The van der Waals surface area contributed by atoms with Crippen LogP contribution < -0.4 is 0 Å². The summed E-state index contributed by atoms with van der Waals surface area (Å²) in [6.45, 7) is 10.4. The molecule has 1 heteroatoms. The first-order valence-corrected chi connectivity index (χ1v) is 1.98. The molecule has 0 unspecified atom stereocenters. The van der Waals surface area contributed by atoms with Crippen molar-refractivity contribution in [3.05, 3.63) is 30.6 Å². The molecule has 0 spiro atoms. The minimum Gasteiger partial charge on any atom is -0.0732 e. The topological polar surface area (TPSA) is 0 Å². The summed E-state index contributed by atoms with van der Waals surface area (Å²) in [5.74, 6) is 0. The Balaban J connectivity index is 3.57. The molecular weight excluding hydrogens is 92.1 g/mol. The fourth-order valence-electron chi connectivity index (χ4n) is 0. The number of rotatable bonds is 1. The number of allylic oxidation sites excluding steroid dienone is 1. The maximum atomic E-state index is 3.84. The Hall–Kier alpha value is -0.300. The van der Waals surface area contributed by atoms with Crippen LogP contribution in [0.4, 0.5) is 0 Å². The van der Waals surface area contributed by atoms with E-state index in [1.165, 1.54) is 0 Å². The van der Waals surface area contributed by atoms with Gasteiger partial charge in [0.05, 0.1) is 0 Å². The average molecular weight is 99.2 g/mol. The van der Waals surface area contributed by atoms with E-state index >= 15 is 0 Å². The summed E-state index contributed by atoms with van der Waals surface area (Å²) in [6.07, 6.45) is 0. The first kappa shape index (κ1) is 5.70. The standard InChI is InChI=1S/C5H6S/c1-4(2)5(3)6/h1-3H2/p+1. The van der Waals surface area contributed by atoms with Gasteiger partial charge >= 0.3 is 0 Å². The van der Waals surface area contributed by atoms with Crippen LogP contribution in [0, 0.1) is 6.92 Å². The second kappa shape index (κ2) is 1.98. The fraction of sp³-hybridized carbons (Fsp3) is 0. The van der Waals surface area contributed by atoms with Crippen LogP contribution in [0.15, 0.2) is 23.6 Å². The van der Waals surface area contributed by atoms with Gasteiger partial charge in [0.1, 0.15) is 10.5 Å². The summed E-state index contributed by atoms with van der Waals surface area (Å²) in [4.78, 5) is 0.648. The van der Waals surface area contributed by atoms with E-state index in [4.69, 9.17) is 0 Å². The van der Waals surface area contributed by atoms with E-state index in [1.54, 1.807) is 0 Å². The monoisotopic (exact) mass is 99.0 g/mol. The van der Waals surface area contributed by atoms with Crippen molar-refractivity contribution in [1.29, 1.82) is 0 Å². The van der Waals surface area contributed by atoms with Gasteiger partial charge in [-0.3, -0.25) is 0 Å². The molecule has 0 aliphatic heterocycles. The molecule has 0 aromatic heterocycles. The maximum Gasteiger partial charge on any atom is 0.132 e. The van der Waals surface area contributed by atoms with Crippen LogP contribution in [0.25, 0.3) is 0 Å². The lowest BCUT2D eigenvalue weighted by Gasteiger charge is -1.75. The molecule has 0 nitrogen and oxygen atoms in total. The smallest absolute Gasteiger partial charge is 0.0732 e. The second-order valence-corrected chi connectivity index (χ2v) is 1.59. The Morgan fingerprint density at radius 1 is 1.50 bits per heavy atom. The van der Waals surface area contributed by atoms with Gasteiger partial charge < -0.3 is 0 Å². The molecule has 0 heterocycles. The third-order valence-corrected chi connectivity index (χ3v) is 0.724. The van der Waals surface area contributed by atoms with Crippen molar-refractivity contribution in [3.63, 3.8) is 0 Å². The molecule has 0 amide bonds. The van der Waals surface area contributed by atoms with Gasteiger partial charge in [0.15, 0.2) is 0 Å². The number of hydrogen-bond donors (Lipinski definition) is 1. The van der Waals surface area contributed by atoms with E-state index in [9.17, 15) is 0 Å². The maximum absolute atomic E-state index is 3.84. The van der Waals surface area contributed by atoms with E-state index in [0.717, 1.165) is 0 Å². The molecule has 0 bridgehead atoms. The summed E-state index contributed by atoms with van der Waals surface area (Å²) in [5.41, 5.74) is 0.679. The van der Waals surface area contributed by atoms with Crippen molar-refractivity contribution < 1.29 is 0 Å². The van der Waals surface area contributed by atoms with Crippen molar-refractivity contribution in [2.45, 2.75) is 0 Å². The molecule has 0 aromatic rings. The van der Waals surface area contributed by atoms with Gasteiger partial charge in [0.2, 0.25) is 0 Å². The highest BCUT2D eigenvalue weighted by atomic mass is 32.1. The van der Waals surface area contributed by atoms with E-state index in [2.05, 4.69) is 32.7 Å². The molecule has 0 saturated heterocycles. The zero-order chi connectivity index (χ0) is 5.15. The van der Waals surface area contributed by atoms with E-state index < -0.39 is 0 Å². The fourth-order valence-corrected chi connectivity index (χ4v) is 0. The Morgan fingerprint density at radius 2 is 1.67 bits per heavy atom. The number of hydrogen-bond acceptors (Lipinski definition) is 1. The van der Waals surface area contributed by atoms with Gasteiger partial charge in [0, 0.05) is 13.5 Å². The van der Waals surface area contributed by atoms with Crippen LogP contribution in [-0.4, -0.2) is 0 Å². The Kier molecular flexibility index (Phi) is 1.88. The SMILES string of the molecule is C=C([CH2+])C(=C)S. The molecule has 0 radical (unpaired) electrons. The summed E-state index contributed by atoms with van der Waals surface area (Å²) >= 11 is 3.84. The predicted molar refractivity (Wildman–Crippen MR) is 32.6 cm³/mol. The number of thiol groups is 1. The molecule has 0 atom stereocenters. The molecule has 0 rings (SSSR count). The summed E-state index contributed by atoms with van der Waals surface area (Å²) in [5, 5.41) is 0. The van der Waals surface area contributed by atoms with Gasteiger partial charge in [-0.1, -0.05) is 12.6 Å². The third-order valence-electron chi connectivity index (χ3n) is 0.408. The minimum absolute atomic E-state index is 0.648. The lowest BCUT2D eigenvalue weighted by molar-refractivity contribution is 1.77. The normalized spacial score (nSPS) is 7.50. The molecule has 0 aliphatic rings. The lowest BCUT2D eigenvalue weighted by atomic mass is 10.3. The van der Waals surface area contributed by atoms with Crippen LogP contribution in [0.2, 0.25) is 0 Å². The van der Waals surface area contributed by atoms with E-state index in [-0.39, 0.29) is 0 Å². The molecule has 32 valence electrons. The third kappa shape index (κ3) is 1.97. The zero-order valence-corrected chi connectivity index (χ0v) is 4.46. The largest absolute Gasteiger partial charge is 0.132 e. The second-order valence-electron chi connectivity index (χ2n) is 1.05. The van der Waals surface area contributed by atoms with Crippen molar-refractivity contribution in [2.75, 3.05) is 0 Å². The Labute approximate surface area is 44.0 Å². The van der Waals surface area contributed by atoms with Crippen LogP contribution in [0.5, 0.6) is 0 Å². The predicted octanol–water partition coefficient (Wildman–Crippen LogP) is 1.82. The van der Waals surface area contributed by atoms with Gasteiger partial charge in [0.25, 0.3) is 0 Å². The van der Waals surface area contributed by atoms with E-state index in [1.807, 2.05) is 0 Å². The lowest BCUT2D eigenvalue weighted by Crippen LogP contribution is -1.64. The van der Waals surface area contributed by atoms with Crippen molar-refractivity contribution in [1.82, 2.24) is 0 Å². The van der Waals surface area contributed by atoms with Gasteiger partial charge in [-0.05, 0) is 6.58 Å². The van der Waals surface area contributed by atoms with Crippen molar-refractivity contribution in [2.24, 2.45) is 0 Å². The molecular formula is C5H7S+. The van der Waals surface area contributed by atoms with Crippen LogP contribution >= 0.6 is 12.6 Å². The van der Waals surface area contributed by atoms with Gasteiger partial charge in [-0.15, -0.1) is 0 Å². The first-order chi connectivity index (χ1) is 2.64. The van der Waals surface area contributed by atoms with E-state index in [0.29, 0.717) is 10.5 Å². The van der Waals surface area contributed by atoms with Crippen LogP contribution in [-0.2, 0) is 0 Å². The van der Waals surface area contributed by atoms with Gasteiger partial charge in [-0.25, -0.2) is 0 Å². The summed E-state index contributed by atoms with van der Waals surface area (Å²) < 4.78 is 0. The van der Waals surface area contributed by atoms with Crippen molar-refractivity contribution in [3.8, 4) is 0 Å². The highest BCUT2D eigenvalue weighted by Gasteiger charge is 1.90. The minimum atomic E-state index is 0.648. The zero-order valence-electron chi connectivity index (χ0n) is 3.57. The Morgan fingerprint density at radius 3 is 1.67 bits per heavy atom. The molecule has 0 saturated carbocycles. The molecule has 0 aromatic carbocycles. The summed E-state index contributed by atoms with van der Waals surface area (Å²) in [6, 6.07) is 0. The van der Waals surface area contributed by atoms with Gasteiger partial charge in [-0.2, -0.15) is 0 Å². The quantitative estimate of drug-likeness (QED) is 0.289.